The van der Waals surface area contributed by atoms with Crippen molar-refractivity contribution in [2.75, 3.05) is 20.8 Å². The van der Waals surface area contributed by atoms with Crippen molar-refractivity contribution in [3.05, 3.63) is 23.8 Å². The lowest BCUT2D eigenvalue weighted by molar-refractivity contribution is -0.118. The number of carbonyl (C=O) groups excluding carboxylic acids is 1. The van der Waals surface area contributed by atoms with Crippen LogP contribution in [-0.4, -0.2) is 26.7 Å². The molecule has 18 heavy (non-hydrogen) atoms. The Balaban J connectivity index is 2.66. The molecule has 0 fully saturated rings. The van der Waals surface area contributed by atoms with E-state index in [1.165, 1.54) is 6.92 Å². The number of rotatable bonds is 4. The third-order valence-corrected chi connectivity index (χ3v) is 2.21. The van der Waals surface area contributed by atoms with Gasteiger partial charge in [0.15, 0.2) is 0 Å². The van der Waals surface area contributed by atoms with Crippen molar-refractivity contribution < 1.29 is 14.3 Å². The van der Waals surface area contributed by atoms with Crippen LogP contribution in [0.15, 0.2) is 18.2 Å². The van der Waals surface area contributed by atoms with E-state index in [4.69, 9.17) is 9.47 Å². The van der Waals surface area contributed by atoms with Gasteiger partial charge in [-0.1, -0.05) is 11.8 Å². The number of benzene rings is 1. The van der Waals surface area contributed by atoms with Crippen molar-refractivity contribution in [2.24, 2.45) is 0 Å². The summed E-state index contributed by atoms with van der Waals surface area (Å²) in [6, 6.07) is 5.48. The molecule has 0 bridgehead atoms. The molecule has 0 unspecified atom stereocenters. The molecule has 1 amide bonds. The van der Waals surface area contributed by atoms with Gasteiger partial charge in [0, 0.05) is 31.5 Å². The first kappa shape index (κ1) is 13.9. The van der Waals surface area contributed by atoms with Gasteiger partial charge >= 0.3 is 0 Å². The second kappa shape index (κ2) is 7.23. The number of ether oxygens (including phenoxy) is 2. The predicted molar refractivity (Wildman–Crippen MR) is 69.7 cm³/mol. The van der Waals surface area contributed by atoms with E-state index < -0.39 is 0 Å². The average Bonchev–Trinajstić information content (AvgIpc) is 2.37. The molecule has 0 atom stereocenters. The van der Waals surface area contributed by atoms with Crippen molar-refractivity contribution in [3.63, 3.8) is 0 Å². The molecule has 0 aliphatic carbocycles. The highest BCUT2D eigenvalue weighted by Crippen LogP contribution is 2.21. The third kappa shape index (κ3) is 4.79. The molecular weight excluding hydrogens is 230 g/mol. The van der Waals surface area contributed by atoms with Crippen LogP contribution in [0.2, 0.25) is 0 Å². The second-order valence-corrected chi connectivity index (χ2v) is 3.64. The molecule has 1 N–H and O–H groups in total. The standard InChI is InChI=1S/C14H17NO3/c1-11(16)15-7-5-4-6-12-8-13(17-2)10-14(9-12)18-3/h8-10H,5,7H2,1-3H3,(H,15,16). The van der Waals surface area contributed by atoms with Crippen molar-refractivity contribution >= 4 is 5.91 Å². The van der Waals surface area contributed by atoms with Gasteiger partial charge in [-0.25, -0.2) is 0 Å². The molecule has 0 heterocycles. The molecule has 1 rings (SSSR count). The summed E-state index contributed by atoms with van der Waals surface area (Å²) in [5, 5.41) is 2.69. The smallest absolute Gasteiger partial charge is 0.216 e. The molecule has 4 nitrogen and oxygen atoms in total. The Hall–Kier alpha value is -2.15. The number of amides is 1. The van der Waals surface area contributed by atoms with E-state index in [0.717, 1.165) is 5.56 Å². The topological polar surface area (TPSA) is 47.6 Å². The quantitative estimate of drug-likeness (QED) is 0.649. The Bertz CT molecular complexity index is 449. The number of hydrogen-bond acceptors (Lipinski definition) is 3. The van der Waals surface area contributed by atoms with Gasteiger partial charge in [-0.15, -0.1) is 0 Å². The highest BCUT2D eigenvalue weighted by atomic mass is 16.5. The zero-order valence-corrected chi connectivity index (χ0v) is 10.9. The minimum absolute atomic E-state index is 0.0418. The summed E-state index contributed by atoms with van der Waals surface area (Å²) in [6.45, 7) is 2.05. The minimum atomic E-state index is -0.0418. The Morgan fingerprint density at radius 2 is 1.83 bits per heavy atom. The molecule has 0 spiro atoms. The van der Waals surface area contributed by atoms with Crippen LogP contribution < -0.4 is 14.8 Å². The molecule has 1 aromatic carbocycles. The van der Waals surface area contributed by atoms with Crippen LogP contribution in [-0.2, 0) is 4.79 Å². The SMILES string of the molecule is COc1cc(C#CCCNC(C)=O)cc(OC)c1. The van der Waals surface area contributed by atoms with Gasteiger partial charge in [-0.3, -0.25) is 4.79 Å². The molecule has 1 aromatic rings. The largest absolute Gasteiger partial charge is 0.497 e. The zero-order valence-electron chi connectivity index (χ0n) is 10.9. The number of nitrogens with one attached hydrogen (secondary N) is 1. The molecule has 0 aliphatic rings. The average molecular weight is 247 g/mol. The fourth-order valence-electron chi connectivity index (χ4n) is 1.35. The lowest BCUT2D eigenvalue weighted by Crippen LogP contribution is -2.20. The monoisotopic (exact) mass is 247 g/mol. The normalized spacial score (nSPS) is 9.06. The summed E-state index contributed by atoms with van der Waals surface area (Å²) in [7, 11) is 3.20. The summed E-state index contributed by atoms with van der Waals surface area (Å²) in [6.07, 6.45) is 0.610. The van der Waals surface area contributed by atoms with Crippen LogP contribution >= 0.6 is 0 Å². The number of methoxy groups -OCH3 is 2. The first-order valence-electron chi connectivity index (χ1n) is 5.62. The van der Waals surface area contributed by atoms with Crippen molar-refractivity contribution in [1.82, 2.24) is 5.32 Å². The maximum absolute atomic E-state index is 10.7. The molecule has 0 aromatic heterocycles. The zero-order chi connectivity index (χ0) is 13.4. The van der Waals surface area contributed by atoms with Crippen LogP contribution in [0.4, 0.5) is 0 Å². The van der Waals surface area contributed by atoms with E-state index >= 15 is 0 Å². The first-order chi connectivity index (χ1) is 8.65. The second-order valence-electron chi connectivity index (χ2n) is 3.64. The van der Waals surface area contributed by atoms with E-state index in [1.54, 1.807) is 20.3 Å². The molecule has 0 radical (unpaired) electrons. The van der Waals surface area contributed by atoms with Crippen LogP contribution in [0.25, 0.3) is 0 Å². The molecule has 0 saturated heterocycles. The molecule has 96 valence electrons. The van der Waals surface area contributed by atoms with Crippen LogP contribution in [0.1, 0.15) is 18.9 Å². The third-order valence-electron chi connectivity index (χ3n) is 2.21. The minimum Gasteiger partial charge on any atom is -0.497 e. The van der Waals surface area contributed by atoms with E-state index in [0.29, 0.717) is 24.5 Å². The number of hydrogen-bond donors (Lipinski definition) is 1. The predicted octanol–water partition coefficient (Wildman–Crippen LogP) is 1.58. The van der Waals surface area contributed by atoms with Gasteiger partial charge in [0.25, 0.3) is 0 Å². The first-order valence-corrected chi connectivity index (χ1v) is 5.62. The number of carbonyl (C=O) groups is 1. The summed E-state index contributed by atoms with van der Waals surface area (Å²) in [5.41, 5.74) is 0.828. The van der Waals surface area contributed by atoms with Crippen LogP contribution in [0.3, 0.4) is 0 Å². The van der Waals surface area contributed by atoms with E-state index in [2.05, 4.69) is 17.2 Å². The van der Waals surface area contributed by atoms with E-state index in [9.17, 15) is 4.79 Å². The fourth-order valence-corrected chi connectivity index (χ4v) is 1.35. The summed E-state index contributed by atoms with van der Waals surface area (Å²) < 4.78 is 10.3. The Morgan fingerprint density at radius 3 is 2.33 bits per heavy atom. The Labute approximate surface area is 107 Å². The molecule has 4 heteroatoms. The molecule has 0 aliphatic heterocycles. The Morgan fingerprint density at radius 1 is 1.22 bits per heavy atom. The van der Waals surface area contributed by atoms with Crippen molar-refractivity contribution in [2.45, 2.75) is 13.3 Å². The summed E-state index contributed by atoms with van der Waals surface area (Å²) in [4.78, 5) is 10.7. The van der Waals surface area contributed by atoms with Gasteiger partial charge in [0.05, 0.1) is 14.2 Å². The molecule has 0 saturated carbocycles. The van der Waals surface area contributed by atoms with Crippen LogP contribution in [0, 0.1) is 11.8 Å². The summed E-state index contributed by atoms with van der Waals surface area (Å²) in [5.74, 6) is 7.37. The van der Waals surface area contributed by atoms with Gasteiger partial charge in [-0.05, 0) is 12.1 Å². The maximum atomic E-state index is 10.7. The van der Waals surface area contributed by atoms with E-state index in [-0.39, 0.29) is 5.91 Å². The molecular formula is C14H17NO3. The van der Waals surface area contributed by atoms with Crippen molar-refractivity contribution in [1.29, 1.82) is 0 Å². The van der Waals surface area contributed by atoms with Crippen LogP contribution in [0.5, 0.6) is 11.5 Å². The fraction of sp³-hybridized carbons (Fsp3) is 0.357. The lowest BCUT2D eigenvalue weighted by atomic mass is 10.2. The van der Waals surface area contributed by atoms with E-state index in [1.807, 2.05) is 12.1 Å². The Kier molecular flexibility index (Phi) is 5.59. The van der Waals surface area contributed by atoms with Gasteiger partial charge in [-0.2, -0.15) is 0 Å². The maximum Gasteiger partial charge on any atom is 0.216 e. The van der Waals surface area contributed by atoms with Gasteiger partial charge in [0.1, 0.15) is 11.5 Å². The highest BCUT2D eigenvalue weighted by molar-refractivity contribution is 5.72. The van der Waals surface area contributed by atoms with Crippen molar-refractivity contribution in [3.8, 4) is 23.3 Å². The lowest BCUT2D eigenvalue weighted by Gasteiger charge is -2.04. The summed E-state index contributed by atoms with van der Waals surface area (Å²) >= 11 is 0. The van der Waals surface area contributed by atoms with Gasteiger partial charge < -0.3 is 14.8 Å². The van der Waals surface area contributed by atoms with Gasteiger partial charge in [0.2, 0.25) is 5.91 Å². The highest BCUT2D eigenvalue weighted by Gasteiger charge is 1.99.